The van der Waals surface area contributed by atoms with Crippen LogP contribution in [0.25, 0.3) is 0 Å². The number of benzene rings is 2. The number of carbonyl (C=O) groups is 1. The molecule has 4 rings (SSSR count). The minimum Gasteiger partial charge on any atom is -0.495 e. The Balaban J connectivity index is 1.50. The minimum atomic E-state index is -0.373. The molecule has 2 aromatic rings. The van der Waals surface area contributed by atoms with Crippen LogP contribution in [0.3, 0.4) is 0 Å². The predicted octanol–water partition coefficient (Wildman–Crippen LogP) is 5.63. The van der Waals surface area contributed by atoms with Crippen LogP contribution in [0.2, 0.25) is 5.02 Å². The summed E-state index contributed by atoms with van der Waals surface area (Å²) in [7, 11) is 1.66. The van der Waals surface area contributed by atoms with E-state index in [1.165, 1.54) is 24.0 Å². The van der Waals surface area contributed by atoms with Gasteiger partial charge in [-0.2, -0.15) is 0 Å². The largest absolute Gasteiger partial charge is 0.495 e. The molecular weight excluding hydrogens is 440 g/mol. The zero-order valence-electron chi connectivity index (χ0n) is 19.9. The lowest BCUT2D eigenvalue weighted by Gasteiger charge is -2.49. The highest BCUT2D eigenvalue weighted by Crippen LogP contribution is 2.40. The summed E-state index contributed by atoms with van der Waals surface area (Å²) in [4.78, 5) is 26.8. The SMILES string of the molecule is CCC(=O)OOc1ccc([C@H]2CCC[C@H]3CN(c4ccc(Cl)c(OC)c4)CCN32)c(C)c1C. The minimum absolute atomic E-state index is 0.286. The quantitative estimate of drug-likeness (QED) is 0.401. The molecule has 7 heteroatoms. The Hall–Kier alpha value is -2.44. The molecule has 178 valence electrons. The molecule has 0 unspecified atom stereocenters. The third-order valence-electron chi connectivity index (χ3n) is 7.09. The summed E-state index contributed by atoms with van der Waals surface area (Å²) in [5.41, 5.74) is 4.72. The highest BCUT2D eigenvalue weighted by molar-refractivity contribution is 6.32. The monoisotopic (exact) mass is 472 g/mol. The first-order valence-corrected chi connectivity index (χ1v) is 12.1. The number of methoxy groups -OCH3 is 1. The van der Waals surface area contributed by atoms with E-state index >= 15 is 0 Å². The van der Waals surface area contributed by atoms with E-state index in [4.69, 9.17) is 26.1 Å². The van der Waals surface area contributed by atoms with Crippen molar-refractivity contribution in [2.45, 2.75) is 58.5 Å². The van der Waals surface area contributed by atoms with E-state index in [2.05, 4.69) is 28.9 Å². The van der Waals surface area contributed by atoms with Crippen molar-refractivity contribution >= 4 is 23.3 Å². The summed E-state index contributed by atoms with van der Waals surface area (Å²) in [6.07, 6.45) is 3.84. The van der Waals surface area contributed by atoms with E-state index in [0.29, 0.717) is 22.9 Å². The summed E-state index contributed by atoms with van der Waals surface area (Å²) >= 11 is 6.23. The van der Waals surface area contributed by atoms with E-state index in [1.54, 1.807) is 14.0 Å². The van der Waals surface area contributed by atoms with Crippen LogP contribution in [-0.2, 0) is 9.68 Å². The molecular formula is C26H33ClN2O4. The fourth-order valence-electron chi connectivity index (χ4n) is 5.08. The third-order valence-corrected chi connectivity index (χ3v) is 7.41. The Labute approximate surface area is 201 Å². The highest BCUT2D eigenvalue weighted by Gasteiger charge is 2.36. The number of anilines is 1. The van der Waals surface area contributed by atoms with E-state index in [-0.39, 0.29) is 12.4 Å². The fraction of sp³-hybridized carbons (Fsp3) is 0.500. The van der Waals surface area contributed by atoms with Crippen molar-refractivity contribution in [3.63, 3.8) is 0 Å². The van der Waals surface area contributed by atoms with Gasteiger partial charge in [0.1, 0.15) is 5.75 Å². The summed E-state index contributed by atoms with van der Waals surface area (Å²) < 4.78 is 5.42. The van der Waals surface area contributed by atoms with Crippen molar-refractivity contribution < 1.29 is 19.3 Å². The normalized spacial score (nSPS) is 20.8. The van der Waals surface area contributed by atoms with Crippen LogP contribution < -0.4 is 14.5 Å². The van der Waals surface area contributed by atoms with E-state index in [0.717, 1.165) is 43.1 Å². The molecule has 0 saturated carbocycles. The van der Waals surface area contributed by atoms with Crippen LogP contribution >= 0.6 is 11.6 Å². The summed E-state index contributed by atoms with van der Waals surface area (Å²) in [6, 6.07) is 11.0. The molecule has 0 N–H and O–H groups in total. The number of halogens is 1. The Morgan fingerprint density at radius 1 is 1.09 bits per heavy atom. The first-order valence-electron chi connectivity index (χ1n) is 11.7. The van der Waals surface area contributed by atoms with Crippen LogP contribution in [0.4, 0.5) is 5.69 Å². The summed E-state index contributed by atoms with van der Waals surface area (Å²) in [6.45, 7) is 8.87. The zero-order chi connectivity index (χ0) is 23.5. The van der Waals surface area contributed by atoms with Crippen molar-refractivity contribution in [3.05, 3.63) is 52.0 Å². The number of piperidine rings is 1. The topological polar surface area (TPSA) is 51.2 Å². The van der Waals surface area contributed by atoms with Gasteiger partial charge in [-0.05, 0) is 68.0 Å². The number of piperazine rings is 1. The molecule has 2 heterocycles. The third kappa shape index (κ3) is 4.92. The molecule has 2 aliphatic rings. The van der Waals surface area contributed by atoms with Gasteiger partial charge in [-0.15, -0.1) is 0 Å². The van der Waals surface area contributed by atoms with Crippen molar-refractivity contribution in [1.82, 2.24) is 4.90 Å². The predicted molar refractivity (Wildman–Crippen MR) is 130 cm³/mol. The second kappa shape index (κ2) is 10.2. The summed E-state index contributed by atoms with van der Waals surface area (Å²) in [5.74, 6) is 0.950. The second-order valence-corrected chi connectivity index (χ2v) is 9.31. The molecule has 0 bridgehead atoms. The standard InChI is InChI=1S/C26H33ClN2O4/c1-5-26(30)33-32-24-12-10-21(17(2)18(24)3)23-8-6-7-20-16-28(13-14-29(20)23)19-9-11-22(27)25(15-19)31-4/h9-12,15,20,23H,5-8,13-14,16H2,1-4H3/t20-,23+/m0/s1. The number of fused-ring (bicyclic) bond motifs is 1. The molecule has 0 aromatic heterocycles. The maximum Gasteiger partial charge on any atom is 0.355 e. The van der Waals surface area contributed by atoms with Gasteiger partial charge in [-0.1, -0.05) is 24.6 Å². The molecule has 2 saturated heterocycles. The number of hydrogen-bond donors (Lipinski definition) is 0. The average Bonchev–Trinajstić information content (AvgIpc) is 2.84. The number of hydrogen-bond acceptors (Lipinski definition) is 6. The molecule has 0 amide bonds. The molecule has 6 nitrogen and oxygen atoms in total. The molecule has 2 aromatic carbocycles. The van der Waals surface area contributed by atoms with Gasteiger partial charge in [0.05, 0.1) is 12.1 Å². The first kappa shape index (κ1) is 23.7. The van der Waals surface area contributed by atoms with Crippen LogP contribution in [0.15, 0.2) is 30.3 Å². The van der Waals surface area contributed by atoms with Crippen molar-refractivity contribution in [2.24, 2.45) is 0 Å². The fourth-order valence-corrected chi connectivity index (χ4v) is 5.28. The Kier molecular flexibility index (Phi) is 7.35. The number of ether oxygens (including phenoxy) is 1. The number of nitrogens with zero attached hydrogens (tertiary/aromatic N) is 2. The molecule has 33 heavy (non-hydrogen) atoms. The molecule has 2 fully saturated rings. The number of carbonyl (C=O) groups excluding carboxylic acids is 1. The highest BCUT2D eigenvalue weighted by atomic mass is 35.5. The molecule has 2 aliphatic heterocycles. The van der Waals surface area contributed by atoms with Gasteiger partial charge in [-0.25, -0.2) is 4.79 Å². The summed E-state index contributed by atoms with van der Waals surface area (Å²) in [5, 5.41) is 0.639. The lowest BCUT2D eigenvalue weighted by molar-refractivity contribution is -0.213. The lowest BCUT2D eigenvalue weighted by Crippen LogP contribution is -2.56. The molecule has 2 atom stereocenters. The maximum atomic E-state index is 11.5. The van der Waals surface area contributed by atoms with Gasteiger partial charge in [0, 0.05) is 49.9 Å². The van der Waals surface area contributed by atoms with Crippen LogP contribution in [0.1, 0.15) is 55.3 Å². The maximum absolute atomic E-state index is 11.5. The van der Waals surface area contributed by atoms with Crippen molar-refractivity contribution in [3.8, 4) is 11.5 Å². The average molecular weight is 473 g/mol. The molecule has 0 radical (unpaired) electrons. The zero-order valence-corrected chi connectivity index (χ0v) is 20.7. The second-order valence-electron chi connectivity index (χ2n) is 8.90. The lowest BCUT2D eigenvalue weighted by atomic mass is 9.86. The smallest absolute Gasteiger partial charge is 0.355 e. The van der Waals surface area contributed by atoms with Gasteiger partial charge in [0.15, 0.2) is 5.75 Å². The van der Waals surface area contributed by atoms with Gasteiger partial charge in [0.2, 0.25) is 0 Å². The first-order chi connectivity index (χ1) is 15.9. The van der Waals surface area contributed by atoms with Crippen molar-refractivity contribution in [1.29, 1.82) is 0 Å². The van der Waals surface area contributed by atoms with Gasteiger partial charge < -0.3 is 9.64 Å². The van der Waals surface area contributed by atoms with Gasteiger partial charge in [-0.3, -0.25) is 14.7 Å². The Bertz CT molecular complexity index is 1010. The van der Waals surface area contributed by atoms with Crippen LogP contribution in [-0.4, -0.2) is 43.7 Å². The molecule has 0 aliphatic carbocycles. The Morgan fingerprint density at radius 2 is 1.91 bits per heavy atom. The van der Waals surface area contributed by atoms with Crippen molar-refractivity contribution in [2.75, 3.05) is 31.6 Å². The van der Waals surface area contributed by atoms with E-state index in [9.17, 15) is 4.79 Å². The van der Waals surface area contributed by atoms with E-state index < -0.39 is 0 Å². The molecule has 0 spiro atoms. The van der Waals surface area contributed by atoms with Crippen LogP contribution in [0.5, 0.6) is 11.5 Å². The van der Waals surface area contributed by atoms with E-state index in [1.807, 2.05) is 25.1 Å². The number of rotatable bonds is 6. The van der Waals surface area contributed by atoms with Gasteiger partial charge in [0.25, 0.3) is 0 Å². The van der Waals surface area contributed by atoms with Crippen LogP contribution in [0, 0.1) is 13.8 Å². The van der Waals surface area contributed by atoms with Gasteiger partial charge >= 0.3 is 5.97 Å². The Morgan fingerprint density at radius 3 is 2.67 bits per heavy atom.